The molecular weight excluding hydrogens is 476 g/mol. The van der Waals surface area contributed by atoms with Crippen LogP contribution in [0.1, 0.15) is 26.3 Å². The molecule has 5 rings (SSSR count). The van der Waals surface area contributed by atoms with Crippen LogP contribution in [0.25, 0.3) is 0 Å². The summed E-state index contributed by atoms with van der Waals surface area (Å²) in [6.07, 6.45) is 3.80. The second kappa shape index (κ2) is 9.63. The zero-order valence-electron chi connectivity index (χ0n) is 19.1. The average Bonchev–Trinajstić information content (AvgIpc) is 3.33. The summed E-state index contributed by atoms with van der Waals surface area (Å²) < 4.78 is 27.6. The van der Waals surface area contributed by atoms with Crippen molar-refractivity contribution in [2.45, 2.75) is 11.3 Å². The molecule has 2 N–H and O–H groups in total. The van der Waals surface area contributed by atoms with E-state index in [9.17, 15) is 18.0 Å². The fourth-order valence-corrected chi connectivity index (χ4v) is 5.08. The number of benzene rings is 3. The quantitative estimate of drug-likeness (QED) is 0.411. The van der Waals surface area contributed by atoms with Crippen LogP contribution in [0.2, 0.25) is 0 Å². The summed E-state index contributed by atoms with van der Waals surface area (Å²) in [6.45, 7) is 0.639. The molecule has 0 radical (unpaired) electrons. The van der Waals surface area contributed by atoms with E-state index in [1.807, 2.05) is 24.3 Å². The van der Waals surface area contributed by atoms with E-state index in [2.05, 4.69) is 15.0 Å². The molecule has 180 valence electrons. The fraction of sp³-hybridized carbons (Fsp3) is 0.0741. The van der Waals surface area contributed by atoms with Crippen molar-refractivity contribution in [3.05, 3.63) is 114 Å². The van der Waals surface area contributed by atoms with Crippen LogP contribution in [0.4, 0.5) is 17.1 Å². The summed E-state index contributed by atoms with van der Waals surface area (Å²) >= 11 is 0. The van der Waals surface area contributed by atoms with Crippen molar-refractivity contribution in [2.24, 2.45) is 0 Å². The van der Waals surface area contributed by atoms with Crippen LogP contribution in [0, 0.1) is 0 Å². The highest BCUT2D eigenvalue weighted by Crippen LogP contribution is 2.29. The van der Waals surface area contributed by atoms with Crippen LogP contribution in [-0.2, 0) is 16.4 Å². The summed E-state index contributed by atoms with van der Waals surface area (Å²) in [4.78, 5) is 31.3. The lowest BCUT2D eigenvalue weighted by molar-refractivity contribution is 0.0988. The highest BCUT2D eigenvalue weighted by atomic mass is 32.2. The Morgan fingerprint density at radius 3 is 2.17 bits per heavy atom. The van der Waals surface area contributed by atoms with E-state index >= 15 is 0 Å². The highest BCUT2D eigenvalue weighted by molar-refractivity contribution is 7.92. The summed E-state index contributed by atoms with van der Waals surface area (Å²) in [5.74, 6) is -0.483. The molecule has 0 unspecified atom stereocenters. The molecule has 3 aromatic carbocycles. The zero-order chi connectivity index (χ0) is 25.1. The number of anilines is 3. The minimum atomic E-state index is -3.80. The van der Waals surface area contributed by atoms with Crippen LogP contribution in [0.3, 0.4) is 0 Å². The number of amides is 2. The first kappa shape index (κ1) is 23.3. The van der Waals surface area contributed by atoms with E-state index in [1.165, 1.54) is 36.7 Å². The van der Waals surface area contributed by atoms with Crippen molar-refractivity contribution in [1.29, 1.82) is 0 Å². The number of carbonyl (C=O) groups excluding carboxylic acids is 2. The lowest BCUT2D eigenvalue weighted by Gasteiger charge is -2.17. The van der Waals surface area contributed by atoms with Crippen LogP contribution in [0.5, 0.6) is 0 Å². The summed E-state index contributed by atoms with van der Waals surface area (Å²) in [5.41, 5.74) is 3.83. The third kappa shape index (κ3) is 4.82. The van der Waals surface area contributed by atoms with Gasteiger partial charge in [-0.05, 0) is 78.7 Å². The number of para-hydroxylation sites is 1. The molecule has 0 fully saturated rings. The van der Waals surface area contributed by atoms with E-state index in [0.717, 1.165) is 17.7 Å². The first-order chi connectivity index (χ1) is 17.4. The van der Waals surface area contributed by atoms with Gasteiger partial charge in [-0.25, -0.2) is 8.42 Å². The number of nitrogens with zero attached hydrogens (tertiary/aromatic N) is 2. The number of aromatic nitrogens is 1. The highest BCUT2D eigenvalue weighted by Gasteiger charge is 2.25. The Hall–Kier alpha value is -4.50. The van der Waals surface area contributed by atoms with Crippen LogP contribution >= 0.6 is 0 Å². The van der Waals surface area contributed by atoms with Gasteiger partial charge in [0, 0.05) is 41.4 Å². The molecule has 0 saturated carbocycles. The van der Waals surface area contributed by atoms with Crippen molar-refractivity contribution in [3.8, 4) is 0 Å². The largest absolute Gasteiger partial charge is 0.322 e. The Morgan fingerprint density at radius 2 is 1.44 bits per heavy atom. The predicted octanol–water partition coefficient (Wildman–Crippen LogP) is 4.34. The van der Waals surface area contributed by atoms with Crippen molar-refractivity contribution in [2.75, 3.05) is 21.5 Å². The van der Waals surface area contributed by atoms with E-state index < -0.39 is 15.9 Å². The monoisotopic (exact) mass is 498 g/mol. The zero-order valence-corrected chi connectivity index (χ0v) is 19.9. The average molecular weight is 499 g/mol. The van der Waals surface area contributed by atoms with Crippen molar-refractivity contribution in [1.82, 2.24) is 4.98 Å². The number of carbonyl (C=O) groups is 2. The molecule has 0 atom stereocenters. The maximum Gasteiger partial charge on any atom is 0.261 e. The second-order valence-corrected chi connectivity index (χ2v) is 9.92. The number of rotatable bonds is 6. The van der Waals surface area contributed by atoms with Crippen LogP contribution in [-0.4, -0.2) is 31.8 Å². The number of pyridine rings is 1. The van der Waals surface area contributed by atoms with Gasteiger partial charge in [0.25, 0.3) is 21.8 Å². The van der Waals surface area contributed by atoms with Gasteiger partial charge >= 0.3 is 0 Å². The molecule has 0 spiro atoms. The van der Waals surface area contributed by atoms with Gasteiger partial charge in [-0.15, -0.1) is 0 Å². The maximum atomic E-state index is 13.0. The molecule has 4 aromatic rings. The summed E-state index contributed by atoms with van der Waals surface area (Å²) in [5, 5.41) is 2.77. The minimum Gasteiger partial charge on any atom is -0.322 e. The van der Waals surface area contributed by atoms with Gasteiger partial charge in [-0.1, -0.05) is 18.2 Å². The second-order valence-electron chi connectivity index (χ2n) is 8.23. The Balaban J connectivity index is 1.23. The Bertz CT molecular complexity index is 1520. The third-order valence-corrected chi connectivity index (χ3v) is 7.28. The van der Waals surface area contributed by atoms with E-state index in [-0.39, 0.29) is 10.8 Å². The van der Waals surface area contributed by atoms with Gasteiger partial charge < -0.3 is 10.2 Å². The number of fused-ring (bicyclic) bond motifs is 1. The Kier molecular flexibility index (Phi) is 6.22. The van der Waals surface area contributed by atoms with Gasteiger partial charge in [0.15, 0.2) is 0 Å². The van der Waals surface area contributed by atoms with Crippen molar-refractivity contribution >= 4 is 38.9 Å². The van der Waals surface area contributed by atoms with Crippen molar-refractivity contribution < 1.29 is 18.0 Å². The Labute approximate surface area is 208 Å². The first-order valence-electron chi connectivity index (χ1n) is 11.2. The molecule has 0 bridgehead atoms. The molecule has 1 aliphatic heterocycles. The molecule has 1 aliphatic rings. The molecule has 2 heterocycles. The molecule has 0 saturated heterocycles. The van der Waals surface area contributed by atoms with Gasteiger partial charge in [-0.2, -0.15) is 0 Å². The lowest BCUT2D eigenvalue weighted by atomic mass is 10.1. The molecule has 2 amide bonds. The number of hydrogen-bond donors (Lipinski definition) is 2. The smallest absolute Gasteiger partial charge is 0.261 e. The fourth-order valence-electron chi connectivity index (χ4n) is 4.02. The minimum absolute atomic E-state index is 0.0298. The van der Waals surface area contributed by atoms with E-state index in [0.29, 0.717) is 29.0 Å². The molecular formula is C27H22N4O4S. The van der Waals surface area contributed by atoms with E-state index in [4.69, 9.17) is 0 Å². The SMILES string of the molecule is O=C(Nc1ccc(C(=O)N2CCc3ccccc32)cc1)c1ccc(S(=O)(=O)Nc2ccncc2)cc1. The maximum absolute atomic E-state index is 13.0. The van der Waals surface area contributed by atoms with Gasteiger partial charge in [0.2, 0.25) is 0 Å². The molecule has 8 nitrogen and oxygen atoms in total. The molecule has 1 aromatic heterocycles. The molecule has 36 heavy (non-hydrogen) atoms. The predicted molar refractivity (Wildman–Crippen MR) is 138 cm³/mol. The molecule has 9 heteroatoms. The number of nitrogens with one attached hydrogen (secondary N) is 2. The normalized spacial score (nSPS) is 12.6. The third-order valence-electron chi connectivity index (χ3n) is 5.88. The van der Waals surface area contributed by atoms with Gasteiger partial charge in [-0.3, -0.25) is 19.3 Å². The standard InChI is InChI=1S/C27H22N4O4S/c32-26(20-7-11-24(12-8-20)36(34,35)30-23-13-16-28-17-14-23)29-22-9-5-21(6-10-22)27(33)31-18-15-19-3-1-2-4-25(19)31/h1-14,16-17H,15,18H2,(H,28,30)(H,29,32). The van der Waals surface area contributed by atoms with Gasteiger partial charge in [0.05, 0.1) is 10.6 Å². The number of hydrogen-bond acceptors (Lipinski definition) is 5. The van der Waals surface area contributed by atoms with Crippen molar-refractivity contribution in [3.63, 3.8) is 0 Å². The van der Waals surface area contributed by atoms with Crippen LogP contribution in [0.15, 0.2) is 102 Å². The summed E-state index contributed by atoms with van der Waals surface area (Å²) in [7, 11) is -3.80. The lowest BCUT2D eigenvalue weighted by Crippen LogP contribution is -2.28. The first-order valence-corrected chi connectivity index (χ1v) is 12.7. The topological polar surface area (TPSA) is 108 Å². The van der Waals surface area contributed by atoms with E-state index in [1.54, 1.807) is 41.3 Å². The van der Waals surface area contributed by atoms with Crippen LogP contribution < -0.4 is 14.9 Å². The molecule has 0 aliphatic carbocycles. The number of sulfonamides is 1. The Morgan fingerprint density at radius 1 is 0.778 bits per heavy atom. The van der Waals surface area contributed by atoms with Gasteiger partial charge in [0.1, 0.15) is 0 Å². The summed E-state index contributed by atoms with van der Waals surface area (Å²) in [6, 6.07) is 23.3.